The molecule has 4 heterocycles. The lowest BCUT2D eigenvalue weighted by Crippen LogP contribution is -2.21. The van der Waals surface area contributed by atoms with Gasteiger partial charge in [-0.2, -0.15) is 9.97 Å². The summed E-state index contributed by atoms with van der Waals surface area (Å²) in [5.74, 6) is 1.74. The summed E-state index contributed by atoms with van der Waals surface area (Å²) in [5.41, 5.74) is 0.840. The number of rotatable bonds is 3. The average Bonchev–Trinajstić information content (AvgIpc) is 3.21. The molecule has 0 saturated heterocycles. The minimum atomic E-state index is -0.302. The number of hydrogen-bond acceptors (Lipinski definition) is 8. The third-order valence-electron chi connectivity index (χ3n) is 3.21. The number of aryl methyl sites for hydroxylation is 2. The van der Waals surface area contributed by atoms with Crippen LogP contribution in [0.1, 0.15) is 17.5 Å². The van der Waals surface area contributed by atoms with Gasteiger partial charge in [-0.15, -0.1) is 5.10 Å². The minimum Gasteiger partial charge on any atom is -0.337 e. The lowest BCUT2D eigenvalue weighted by molar-refractivity contribution is 0.361. The molecule has 0 fully saturated rings. The smallest absolute Gasteiger partial charge is 0.337 e. The predicted octanol–water partition coefficient (Wildman–Crippen LogP) is 0.594. The standard InChI is InChI=1S/C13H11N7O3/c1-7-14-11(22-17-7)6-20-13(21)19-4-3-9(5-10(19)16-20)12-15-8(2)18-23-12/h3-5H,6H2,1-2H3. The highest BCUT2D eigenvalue weighted by Crippen LogP contribution is 2.17. The first-order valence-corrected chi connectivity index (χ1v) is 6.79. The average molecular weight is 313 g/mol. The molecule has 0 aromatic carbocycles. The normalized spacial score (nSPS) is 11.4. The highest BCUT2D eigenvalue weighted by Gasteiger charge is 2.13. The van der Waals surface area contributed by atoms with E-state index in [2.05, 4.69) is 25.4 Å². The Balaban J connectivity index is 1.76. The molecule has 0 aliphatic rings. The van der Waals surface area contributed by atoms with E-state index in [1.807, 2.05) is 0 Å². The van der Waals surface area contributed by atoms with Crippen LogP contribution >= 0.6 is 0 Å². The number of nitrogens with zero attached hydrogens (tertiary/aromatic N) is 7. The van der Waals surface area contributed by atoms with Crippen molar-refractivity contribution in [2.24, 2.45) is 0 Å². The van der Waals surface area contributed by atoms with E-state index in [4.69, 9.17) is 9.05 Å². The molecule has 4 rings (SSSR count). The van der Waals surface area contributed by atoms with E-state index in [9.17, 15) is 4.79 Å². The number of fused-ring (bicyclic) bond motifs is 1. The van der Waals surface area contributed by atoms with Crippen LogP contribution in [0.25, 0.3) is 17.1 Å². The molecule has 0 bridgehead atoms. The fourth-order valence-electron chi connectivity index (χ4n) is 2.20. The second-order valence-corrected chi connectivity index (χ2v) is 4.97. The van der Waals surface area contributed by atoms with Crippen molar-refractivity contribution in [1.29, 1.82) is 0 Å². The summed E-state index contributed by atoms with van der Waals surface area (Å²) in [7, 11) is 0. The summed E-state index contributed by atoms with van der Waals surface area (Å²) >= 11 is 0. The molecule has 0 N–H and O–H groups in total. The Hall–Kier alpha value is -3.30. The maximum Gasteiger partial charge on any atom is 0.350 e. The molecule has 4 aromatic heterocycles. The van der Waals surface area contributed by atoms with Crippen molar-refractivity contribution < 1.29 is 9.05 Å². The highest BCUT2D eigenvalue weighted by atomic mass is 16.5. The lowest BCUT2D eigenvalue weighted by atomic mass is 10.2. The molecular weight excluding hydrogens is 302 g/mol. The molecule has 0 atom stereocenters. The van der Waals surface area contributed by atoms with Crippen LogP contribution in [0.3, 0.4) is 0 Å². The molecular formula is C13H11N7O3. The van der Waals surface area contributed by atoms with Crippen molar-refractivity contribution in [1.82, 2.24) is 34.5 Å². The summed E-state index contributed by atoms with van der Waals surface area (Å²) in [6.45, 7) is 3.55. The van der Waals surface area contributed by atoms with E-state index in [0.717, 1.165) is 0 Å². The van der Waals surface area contributed by atoms with Gasteiger partial charge in [0.15, 0.2) is 17.3 Å². The Labute approximate surface area is 128 Å². The molecule has 10 nitrogen and oxygen atoms in total. The maximum atomic E-state index is 12.3. The van der Waals surface area contributed by atoms with Crippen LogP contribution in [-0.4, -0.2) is 34.5 Å². The van der Waals surface area contributed by atoms with Gasteiger partial charge < -0.3 is 9.05 Å². The molecule has 0 unspecified atom stereocenters. The van der Waals surface area contributed by atoms with Gasteiger partial charge in [-0.05, 0) is 26.0 Å². The lowest BCUT2D eigenvalue weighted by Gasteiger charge is -1.94. The van der Waals surface area contributed by atoms with Crippen LogP contribution in [0.2, 0.25) is 0 Å². The first-order valence-electron chi connectivity index (χ1n) is 6.79. The van der Waals surface area contributed by atoms with Crippen molar-refractivity contribution in [2.45, 2.75) is 20.4 Å². The second-order valence-electron chi connectivity index (χ2n) is 4.97. The predicted molar refractivity (Wildman–Crippen MR) is 75.6 cm³/mol. The number of hydrogen-bond donors (Lipinski definition) is 0. The molecule has 0 amide bonds. The summed E-state index contributed by atoms with van der Waals surface area (Å²) in [5, 5.41) is 11.7. The quantitative estimate of drug-likeness (QED) is 0.539. The van der Waals surface area contributed by atoms with Gasteiger partial charge in [-0.1, -0.05) is 10.3 Å². The molecule has 0 spiro atoms. The zero-order chi connectivity index (χ0) is 16.0. The van der Waals surface area contributed by atoms with Crippen molar-refractivity contribution in [3.8, 4) is 11.5 Å². The third kappa shape index (κ3) is 2.29. The van der Waals surface area contributed by atoms with Gasteiger partial charge in [0.05, 0.1) is 0 Å². The van der Waals surface area contributed by atoms with Crippen molar-refractivity contribution in [3.63, 3.8) is 0 Å². The summed E-state index contributed by atoms with van der Waals surface area (Å²) in [6, 6.07) is 3.41. The first kappa shape index (κ1) is 13.4. The van der Waals surface area contributed by atoms with Gasteiger partial charge >= 0.3 is 5.69 Å². The molecule has 10 heteroatoms. The van der Waals surface area contributed by atoms with Crippen molar-refractivity contribution >= 4 is 5.65 Å². The summed E-state index contributed by atoms with van der Waals surface area (Å²) < 4.78 is 12.8. The van der Waals surface area contributed by atoms with Crippen molar-refractivity contribution in [2.75, 3.05) is 0 Å². The third-order valence-corrected chi connectivity index (χ3v) is 3.21. The Kier molecular flexibility index (Phi) is 2.83. The van der Waals surface area contributed by atoms with Gasteiger partial charge in [0.2, 0.25) is 5.89 Å². The van der Waals surface area contributed by atoms with Gasteiger partial charge in [0.25, 0.3) is 5.89 Å². The second kappa shape index (κ2) is 4.87. The Morgan fingerprint density at radius 1 is 1.13 bits per heavy atom. The van der Waals surface area contributed by atoms with E-state index >= 15 is 0 Å². The van der Waals surface area contributed by atoms with Crippen molar-refractivity contribution in [3.05, 3.63) is 46.4 Å². The summed E-state index contributed by atoms with van der Waals surface area (Å²) in [4.78, 5) is 20.5. The molecule has 4 aromatic rings. The largest absolute Gasteiger partial charge is 0.350 e. The zero-order valence-corrected chi connectivity index (χ0v) is 12.3. The number of aromatic nitrogens is 7. The Morgan fingerprint density at radius 2 is 1.91 bits per heavy atom. The first-order chi connectivity index (χ1) is 11.1. The van der Waals surface area contributed by atoms with Gasteiger partial charge in [0, 0.05) is 11.8 Å². The van der Waals surface area contributed by atoms with Crippen LogP contribution in [0, 0.1) is 13.8 Å². The molecule has 0 saturated carbocycles. The molecule has 116 valence electrons. The number of pyridine rings is 1. The van der Waals surface area contributed by atoms with E-state index in [0.29, 0.717) is 34.6 Å². The van der Waals surface area contributed by atoms with Gasteiger partial charge in [0.1, 0.15) is 6.54 Å². The van der Waals surface area contributed by atoms with Crippen LogP contribution in [0.4, 0.5) is 0 Å². The molecule has 0 radical (unpaired) electrons. The van der Waals surface area contributed by atoms with E-state index in [1.165, 1.54) is 9.08 Å². The monoisotopic (exact) mass is 313 g/mol. The van der Waals surface area contributed by atoms with Crippen LogP contribution in [0.15, 0.2) is 32.2 Å². The zero-order valence-electron chi connectivity index (χ0n) is 12.3. The SMILES string of the molecule is Cc1noc(Cn2nc3cc(-c4nc(C)no4)ccn3c2=O)n1. The van der Waals surface area contributed by atoms with E-state index < -0.39 is 0 Å². The molecule has 0 aliphatic carbocycles. The molecule has 0 aliphatic heterocycles. The topological polar surface area (TPSA) is 117 Å². The van der Waals surface area contributed by atoms with Crippen LogP contribution in [0.5, 0.6) is 0 Å². The Morgan fingerprint density at radius 3 is 2.61 bits per heavy atom. The molecule has 23 heavy (non-hydrogen) atoms. The Bertz CT molecular complexity index is 1060. The van der Waals surface area contributed by atoms with E-state index in [-0.39, 0.29) is 12.2 Å². The maximum absolute atomic E-state index is 12.3. The van der Waals surface area contributed by atoms with Gasteiger partial charge in [-0.25, -0.2) is 9.48 Å². The van der Waals surface area contributed by atoms with E-state index in [1.54, 1.807) is 32.2 Å². The van der Waals surface area contributed by atoms with Crippen LogP contribution in [-0.2, 0) is 6.54 Å². The van der Waals surface area contributed by atoms with Crippen LogP contribution < -0.4 is 5.69 Å². The fourth-order valence-corrected chi connectivity index (χ4v) is 2.20. The summed E-state index contributed by atoms with van der Waals surface area (Å²) in [6.07, 6.45) is 1.61. The minimum absolute atomic E-state index is 0.107. The highest BCUT2D eigenvalue weighted by molar-refractivity contribution is 5.59. The fraction of sp³-hybridized carbons (Fsp3) is 0.231. The van der Waals surface area contributed by atoms with Gasteiger partial charge in [-0.3, -0.25) is 4.40 Å².